The van der Waals surface area contributed by atoms with Gasteiger partial charge in [0.2, 0.25) is 5.67 Å². The van der Waals surface area contributed by atoms with Gasteiger partial charge in [0.25, 0.3) is 5.91 Å². The Morgan fingerprint density at radius 1 is 1.39 bits per heavy atom. The van der Waals surface area contributed by atoms with E-state index in [4.69, 9.17) is 5.11 Å². The number of aliphatic carboxylic acids is 1. The maximum absolute atomic E-state index is 14.0. The molecule has 1 saturated heterocycles. The number of hydrogen-bond donors (Lipinski definition) is 1. The maximum atomic E-state index is 14.0. The van der Waals surface area contributed by atoms with E-state index in [2.05, 4.69) is 10.3 Å². The number of benzene rings is 1. The second-order valence-electron chi connectivity index (χ2n) is 5.63. The van der Waals surface area contributed by atoms with E-state index in [1.54, 1.807) is 0 Å². The molecule has 0 radical (unpaired) electrons. The third-order valence-corrected chi connectivity index (χ3v) is 3.87. The molecular weight excluding hydrogens is 303 g/mol. The van der Waals surface area contributed by atoms with Crippen molar-refractivity contribution in [3.05, 3.63) is 41.7 Å². The van der Waals surface area contributed by atoms with Crippen molar-refractivity contribution in [2.45, 2.75) is 19.0 Å². The first-order valence-corrected chi connectivity index (χ1v) is 7.10. The van der Waals surface area contributed by atoms with Crippen LogP contribution in [0.5, 0.6) is 0 Å². The van der Waals surface area contributed by atoms with E-state index in [9.17, 15) is 14.0 Å². The van der Waals surface area contributed by atoms with Gasteiger partial charge < -0.3 is 10.0 Å². The number of carbonyl (C=O) groups is 2. The summed E-state index contributed by atoms with van der Waals surface area (Å²) in [6.07, 6.45) is 1.23. The van der Waals surface area contributed by atoms with Gasteiger partial charge >= 0.3 is 5.97 Å². The number of aromatic nitrogens is 3. The first-order valence-electron chi connectivity index (χ1n) is 7.10. The van der Waals surface area contributed by atoms with E-state index in [-0.39, 0.29) is 18.7 Å². The van der Waals surface area contributed by atoms with Gasteiger partial charge in [-0.15, -0.1) is 5.10 Å². The van der Waals surface area contributed by atoms with Gasteiger partial charge in [0, 0.05) is 13.0 Å². The standard InChI is InChI=1S/C15H15FN4O3/c1-10-3-2-4-11(7-10)20-8-12(17-18-20)13(21)19-6-5-15(16,9-19)14(22)23/h2-4,7-8H,5-6,9H2,1H3,(H,22,23). The summed E-state index contributed by atoms with van der Waals surface area (Å²) in [7, 11) is 0. The third kappa shape index (κ3) is 2.79. The summed E-state index contributed by atoms with van der Waals surface area (Å²) >= 11 is 0. The minimum Gasteiger partial charge on any atom is -0.479 e. The van der Waals surface area contributed by atoms with Crippen molar-refractivity contribution in [3.8, 4) is 5.69 Å². The van der Waals surface area contributed by atoms with E-state index in [0.29, 0.717) is 0 Å². The second-order valence-corrected chi connectivity index (χ2v) is 5.63. The van der Waals surface area contributed by atoms with Gasteiger partial charge in [0.1, 0.15) is 0 Å². The van der Waals surface area contributed by atoms with Crippen LogP contribution in [0.3, 0.4) is 0 Å². The Bertz CT molecular complexity index is 776. The SMILES string of the molecule is Cc1cccc(-n2cc(C(=O)N3CCC(F)(C(=O)O)C3)nn2)c1. The lowest BCUT2D eigenvalue weighted by Crippen LogP contribution is -2.39. The number of alkyl halides is 1. The molecule has 7 nitrogen and oxygen atoms in total. The summed E-state index contributed by atoms with van der Waals surface area (Å²) in [5.41, 5.74) is -0.541. The smallest absolute Gasteiger partial charge is 0.343 e. The zero-order valence-corrected chi connectivity index (χ0v) is 12.4. The van der Waals surface area contributed by atoms with Crippen LogP contribution in [0.2, 0.25) is 0 Å². The second kappa shape index (κ2) is 5.45. The normalized spacial score (nSPS) is 20.7. The molecule has 1 atom stereocenters. The average Bonchev–Trinajstić information content (AvgIpc) is 3.14. The zero-order chi connectivity index (χ0) is 16.6. The fourth-order valence-corrected chi connectivity index (χ4v) is 2.54. The molecule has 23 heavy (non-hydrogen) atoms. The Labute approximate surface area is 131 Å². The first-order chi connectivity index (χ1) is 10.9. The summed E-state index contributed by atoms with van der Waals surface area (Å²) in [4.78, 5) is 24.4. The van der Waals surface area contributed by atoms with Crippen LogP contribution >= 0.6 is 0 Å². The van der Waals surface area contributed by atoms with Gasteiger partial charge in [0.15, 0.2) is 5.69 Å². The van der Waals surface area contributed by atoms with E-state index in [0.717, 1.165) is 16.2 Å². The molecule has 1 aromatic carbocycles. The molecule has 2 aromatic rings. The molecule has 1 unspecified atom stereocenters. The number of amides is 1. The molecule has 3 rings (SSSR count). The van der Waals surface area contributed by atoms with Crippen LogP contribution in [0.15, 0.2) is 30.5 Å². The van der Waals surface area contributed by atoms with Crippen LogP contribution in [-0.4, -0.2) is 55.6 Å². The minimum atomic E-state index is -2.39. The largest absolute Gasteiger partial charge is 0.479 e. The Kier molecular flexibility index (Phi) is 3.59. The highest BCUT2D eigenvalue weighted by Crippen LogP contribution is 2.26. The monoisotopic (exact) mass is 318 g/mol. The van der Waals surface area contributed by atoms with Gasteiger partial charge in [-0.1, -0.05) is 17.3 Å². The maximum Gasteiger partial charge on any atom is 0.343 e. The summed E-state index contributed by atoms with van der Waals surface area (Å²) < 4.78 is 15.5. The lowest BCUT2D eigenvalue weighted by atomic mass is 10.1. The number of nitrogens with zero attached hydrogens (tertiary/aromatic N) is 4. The Morgan fingerprint density at radius 3 is 2.83 bits per heavy atom. The van der Waals surface area contributed by atoms with E-state index in [1.807, 2.05) is 31.2 Å². The minimum absolute atomic E-state index is 0.0406. The van der Waals surface area contributed by atoms with E-state index >= 15 is 0 Å². The molecule has 1 aromatic heterocycles. The number of hydrogen-bond acceptors (Lipinski definition) is 4. The molecule has 0 spiro atoms. The fourth-order valence-electron chi connectivity index (χ4n) is 2.54. The van der Waals surface area contributed by atoms with Crippen LogP contribution in [0.25, 0.3) is 5.69 Å². The number of halogens is 1. The van der Waals surface area contributed by atoms with E-state index < -0.39 is 24.1 Å². The molecule has 0 aliphatic carbocycles. The Balaban J connectivity index is 1.79. The fraction of sp³-hybridized carbons (Fsp3) is 0.333. The van der Waals surface area contributed by atoms with Crippen LogP contribution < -0.4 is 0 Å². The van der Waals surface area contributed by atoms with Gasteiger partial charge in [-0.05, 0) is 24.6 Å². The summed E-state index contributed by atoms with van der Waals surface area (Å²) in [5.74, 6) is -2.07. The number of carboxylic acids is 1. The quantitative estimate of drug-likeness (QED) is 0.919. The number of rotatable bonds is 3. The predicted molar refractivity (Wildman–Crippen MR) is 78.1 cm³/mol. The highest BCUT2D eigenvalue weighted by Gasteiger charge is 2.47. The number of likely N-dealkylation sites (tertiary alicyclic amines) is 1. The van der Waals surface area contributed by atoms with Crippen molar-refractivity contribution in [2.24, 2.45) is 0 Å². The zero-order valence-electron chi connectivity index (χ0n) is 12.4. The van der Waals surface area contributed by atoms with Gasteiger partial charge in [-0.2, -0.15) is 0 Å². The molecule has 1 aliphatic heterocycles. The number of carboxylic acid groups (broad SMARTS) is 1. The average molecular weight is 318 g/mol. The summed E-state index contributed by atoms with van der Waals surface area (Å²) in [5, 5.41) is 16.6. The topological polar surface area (TPSA) is 88.3 Å². The molecule has 1 N–H and O–H groups in total. The molecule has 1 fully saturated rings. The summed E-state index contributed by atoms with van der Waals surface area (Å²) in [6.45, 7) is 1.50. The molecular formula is C15H15FN4O3. The highest BCUT2D eigenvalue weighted by molar-refractivity contribution is 5.93. The summed E-state index contributed by atoms with van der Waals surface area (Å²) in [6, 6.07) is 7.50. The first kappa shape index (κ1) is 15.1. The Morgan fingerprint density at radius 2 is 2.17 bits per heavy atom. The molecule has 0 saturated carbocycles. The van der Waals surface area contributed by atoms with Gasteiger partial charge in [0.05, 0.1) is 18.4 Å². The van der Waals surface area contributed by atoms with Crippen LogP contribution in [0.1, 0.15) is 22.5 Å². The van der Waals surface area contributed by atoms with Crippen molar-refractivity contribution < 1.29 is 19.1 Å². The molecule has 2 heterocycles. The Hall–Kier alpha value is -2.77. The van der Waals surface area contributed by atoms with Crippen LogP contribution in [-0.2, 0) is 4.79 Å². The molecule has 120 valence electrons. The number of aryl methyl sites for hydroxylation is 1. The van der Waals surface area contributed by atoms with Crippen LogP contribution in [0.4, 0.5) is 4.39 Å². The van der Waals surface area contributed by atoms with E-state index in [1.165, 1.54) is 10.9 Å². The van der Waals surface area contributed by atoms with Gasteiger partial charge in [-0.3, -0.25) is 4.79 Å². The van der Waals surface area contributed by atoms with Gasteiger partial charge in [-0.25, -0.2) is 13.9 Å². The van der Waals surface area contributed by atoms with Crippen molar-refractivity contribution in [2.75, 3.05) is 13.1 Å². The predicted octanol–water partition coefficient (Wildman–Crippen LogP) is 1.21. The molecule has 1 amide bonds. The van der Waals surface area contributed by atoms with Crippen molar-refractivity contribution in [3.63, 3.8) is 0 Å². The van der Waals surface area contributed by atoms with Crippen molar-refractivity contribution >= 4 is 11.9 Å². The molecule has 8 heteroatoms. The lowest BCUT2D eigenvalue weighted by Gasteiger charge is -2.16. The lowest BCUT2D eigenvalue weighted by molar-refractivity contribution is -0.149. The van der Waals surface area contributed by atoms with Crippen molar-refractivity contribution in [1.29, 1.82) is 0 Å². The van der Waals surface area contributed by atoms with Crippen LogP contribution in [0, 0.1) is 6.92 Å². The number of carbonyl (C=O) groups excluding carboxylic acids is 1. The molecule has 0 bridgehead atoms. The molecule has 1 aliphatic rings. The van der Waals surface area contributed by atoms with Crippen molar-refractivity contribution in [1.82, 2.24) is 19.9 Å². The highest BCUT2D eigenvalue weighted by atomic mass is 19.1. The third-order valence-electron chi connectivity index (χ3n) is 3.87.